The second kappa shape index (κ2) is 6.63. The number of ether oxygens (including phenoxy) is 1. The van der Waals surface area contributed by atoms with Crippen LogP contribution in [0, 0.1) is 11.7 Å². The minimum atomic E-state index is -0.307. The third-order valence-electron chi connectivity index (χ3n) is 4.94. The lowest BCUT2D eigenvalue weighted by atomic mass is 9.81. The number of nitrogens with two attached hydrogens (primary N) is 1. The average molecular weight is 327 g/mol. The van der Waals surface area contributed by atoms with Crippen molar-refractivity contribution in [1.82, 2.24) is 0 Å². The summed E-state index contributed by atoms with van der Waals surface area (Å²) in [5, 5.41) is 0. The summed E-state index contributed by atoms with van der Waals surface area (Å²) in [6.45, 7) is 1.85. The second-order valence-corrected chi connectivity index (χ2v) is 6.50. The normalized spacial score (nSPS) is 17.4. The number of carbonyl (C=O) groups is 1. The van der Waals surface area contributed by atoms with Gasteiger partial charge >= 0.3 is 0 Å². The van der Waals surface area contributed by atoms with Crippen molar-refractivity contribution < 1.29 is 13.9 Å². The first-order valence-corrected chi connectivity index (χ1v) is 8.24. The Bertz CT molecular complexity index is 772. The van der Waals surface area contributed by atoms with Gasteiger partial charge in [-0.1, -0.05) is 19.1 Å². The molecule has 0 saturated heterocycles. The number of hydrogen-bond donors (Lipinski definition) is 1. The molecular weight excluding hydrogens is 305 g/mol. The van der Waals surface area contributed by atoms with Crippen LogP contribution in [0.5, 0.6) is 5.75 Å². The van der Waals surface area contributed by atoms with Gasteiger partial charge in [-0.25, -0.2) is 4.39 Å². The Hall–Kier alpha value is -2.36. The Balaban J connectivity index is 2.11. The van der Waals surface area contributed by atoms with E-state index in [4.69, 9.17) is 10.5 Å². The number of amides is 1. The Labute approximate surface area is 141 Å². The number of hydrogen-bond acceptors (Lipinski definition) is 2. The summed E-state index contributed by atoms with van der Waals surface area (Å²) in [5.74, 6) is 0.0667. The molecule has 1 aliphatic carbocycles. The molecule has 0 spiro atoms. The maximum absolute atomic E-state index is 13.7. The summed E-state index contributed by atoms with van der Waals surface area (Å²) >= 11 is 0. The van der Waals surface area contributed by atoms with Gasteiger partial charge in [0, 0.05) is 11.8 Å². The predicted octanol–water partition coefficient (Wildman–Crippen LogP) is 3.58. The highest BCUT2D eigenvalue weighted by Gasteiger charge is 2.27. The smallest absolute Gasteiger partial charge is 0.220 e. The van der Waals surface area contributed by atoms with Gasteiger partial charge in [-0.15, -0.1) is 0 Å². The van der Waals surface area contributed by atoms with Crippen LogP contribution in [0.25, 0.3) is 0 Å². The Morgan fingerprint density at radius 3 is 2.46 bits per heavy atom. The van der Waals surface area contributed by atoms with E-state index in [0.29, 0.717) is 6.42 Å². The van der Waals surface area contributed by atoms with Crippen molar-refractivity contribution in [1.29, 1.82) is 0 Å². The van der Waals surface area contributed by atoms with E-state index in [0.717, 1.165) is 29.7 Å². The molecule has 1 amide bonds. The summed E-state index contributed by atoms with van der Waals surface area (Å²) in [4.78, 5) is 11.6. The zero-order valence-electron chi connectivity index (χ0n) is 14.0. The third-order valence-corrected chi connectivity index (χ3v) is 4.94. The molecule has 126 valence electrons. The molecule has 0 radical (unpaired) electrons. The molecule has 3 rings (SSSR count). The summed E-state index contributed by atoms with van der Waals surface area (Å²) in [7, 11) is 1.65. The molecule has 24 heavy (non-hydrogen) atoms. The van der Waals surface area contributed by atoms with E-state index in [1.807, 2.05) is 25.1 Å². The van der Waals surface area contributed by atoms with Crippen LogP contribution in [0.4, 0.5) is 4.39 Å². The molecule has 2 unspecified atom stereocenters. The monoisotopic (exact) mass is 327 g/mol. The number of fused-ring (bicyclic) bond motifs is 2. The number of methoxy groups -OCH3 is 1. The molecule has 0 heterocycles. The summed E-state index contributed by atoms with van der Waals surface area (Å²) < 4.78 is 19.0. The predicted molar refractivity (Wildman–Crippen MR) is 91.6 cm³/mol. The van der Waals surface area contributed by atoms with Gasteiger partial charge in [-0.2, -0.15) is 0 Å². The van der Waals surface area contributed by atoms with Gasteiger partial charge in [0.25, 0.3) is 0 Å². The fraction of sp³-hybridized carbons (Fsp3) is 0.350. The summed E-state index contributed by atoms with van der Waals surface area (Å²) in [5.41, 5.74) is 9.94. The maximum Gasteiger partial charge on any atom is 0.220 e. The van der Waals surface area contributed by atoms with Crippen molar-refractivity contribution in [3.8, 4) is 5.75 Å². The fourth-order valence-electron chi connectivity index (χ4n) is 3.56. The van der Waals surface area contributed by atoms with Crippen LogP contribution in [0.3, 0.4) is 0 Å². The van der Waals surface area contributed by atoms with E-state index in [-0.39, 0.29) is 23.6 Å². The first-order chi connectivity index (χ1) is 11.5. The van der Waals surface area contributed by atoms with Crippen LogP contribution < -0.4 is 10.5 Å². The minimum Gasteiger partial charge on any atom is -0.497 e. The number of halogens is 1. The van der Waals surface area contributed by atoms with Crippen LogP contribution >= 0.6 is 0 Å². The van der Waals surface area contributed by atoms with E-state index in [9.17, 15) is 9.18 Å². The standard InChI is InChI=1S/C20H22FNO2/c1-12(20(22)23)9-19-17-7-5-15(21)10-13(17)3-4-14-11-16(24-2)6-8-18(14)19/h5-8,10-12,19H,3-4,9H2,1-2H3,(H2,22,23). The molecule has 4 heteroatoms. The molecule has 0 aromatic heterocycles. The highest BCUT2D eigenvalue weighted by Crippen LogP contribution is 2.39. The average Bonchev–Trinajstić information content (AvgIpc) is 2.71. The first kappa shape index (κ1) is 16.5. The molecule has 2 aromatic carbocycles. The van der Waals surface area contributed by atoms with Crippen LogP contribution in [0.15, 0.2) is 36.4 Å². The zero-order chi connectivity index (χ0) is 17.3. The molecule has 0 bridgehead atoms. The van der Waals surface area contributed by atoms with Crippen LogP contribution in [-0.4, -0.2) is 13.0 Å². The lowest BCUT2D eigenvalue weighted by Crippen LogP contribution is -2.23. The van der Waals surface area contributed by atoms with Crippen molar-refractivity contribution in [3.63, 3.8) is 0 Å². The van der Waals surface area contributed by atoms with Crippen molar-refractivity contribution in [2.75, 3.05) is 7.11 Å². The number of aryl methyl sites for hydroxylation is 2. The number of primary amides is 1. The van der Waals surface area contributed by atoms with Crippen molar-refractivity contribution in [3.05, 3.63) is 64.5 Å². The van der Waals surface area contributed by atoms with E-state index in [2.05, 4.69) is 6.07 Å². The van der Waals surface area contributed by atoms with E-state index < -0.39 is 0 Å². The van der Waals surface area contributed by atoms with Crippen molar-refractivity contribution >= 4 is 5.91 Å². The summed E-state index contributed by atoms with van der Waals surface area (Å²) in [6, 6.07) is 11.0. The second-order valence-electron chi connectivity index (χ2n) is 6.50. The Morgan fingerprint density at radius 2 is 1.83 bits per heavy atom. The number of carbonyl (C=O) groups excluding carboxylic acids is 1. The molecule has 2 aromatic rings. The fourth-order valence-corrected chi connectivity index (χ4v) is 3.56. The van der Waals surface area contributed by atoms with Gasteiger partial charge < -0.3 is 10.5 Å². The lowest BCUT2D eigenvalue weighted by Gasteiger charge is -2.23. The van der Waals surface area contributed by atoms with Gasteiger partial charge in [0.1, 0.15) is 11.6 Å². The first-order valence-electron chi connectivity index (χ1n) is 8.24. The van der Waals surface area contributed by atoms with Crippen molar-refractivity contribution in [2.24, 2.45) is 11.7 Å². The Morgan fingerprint density at radius 1 is 1.21 bits per heavy atom. The van der Waals surface area contributed by atoms with Crippen LogP contribution in [0.2, 0.25) is 0 Å². The van der Waals surface area contributed by atoms with Crippen LogP contribution in [-0.2, 0) is 17.6 Å². The molecule has 2 atom stereocenters. The topological polar surface area (TPSA) is 52.3 Å². The Kier molecular flexibility index (Phi) is 4.56. The van der Waals surface area contributed by atoms with E-state index in [1.54, 1.807) is 13.2 Å². The quantitative estimate of drug-likeness (QED) is 0.933. The molecule has 0 fully saturated rings. The molecule has 0 saturated carbocycles. The molecule has 3 nitrogen and oxygen atoms in total. The molecular formula is C20H22FNO2. The SMILES string of the molecule is COc1ccc2c(c1)CCc1cc(F)ccc1C2CC(C)C(N)=O. The zero-order valence-corrected chi connectivity index (χ0v) is 14.0. The minimum absolute atomic E-state index is 0.0338. The largest absolute Gasteiger partial charge is 0.497 e. The highest BCUT2D eigenvalue weighted by atomic mass is 19.1. The van der Waals surface area contributed by atoms with Crippen LogP contribution in [0.1, 0.15) is 41.5 Å². The van der Waals surface area contributed by atoms with E-state index >= 15 is 0 Å². The van der Waals surface area contributed by atoms with Gasteiger partial charge in [0.15, 0.2) is 0 Å². The molecule has 1 aliphatic rings. The van der Waals surface area contributed by atoms with E-state index in [1.165, 1.54) is 17.2 Å². The highest BCUT2D eigenvalue weighted by molar-refractivity contribution is 5.76. The van der Waals surface area contributed by atoms with Gasteiger partial charge in [-0.05, 0) is 65.8 Å². The molecule has 2 N–H and O–H groups in total. The number of benzene rings is 2. The van der Waals surface area contributed by atoms with Gasteiger partial charge in [0.2, 0.25) is 5.91 Å². The third kappa shape index (κ3) is 3.14. The van der Waals surface area contributed by atoms with Crippen molar-refractivity contribution in [2.45, 2.75) is 32.1 Å². The summed E-state index contributed by atoms with van der Waals surface area (Å²) in [6.07, 6.45) is 2.21. The van der Waals surface area contributed by atoms with Gasteiger partial charge in [-0.3, -0.25) is 4.79 Å². The van der Waals surface area contributed by atoms with Gasteiger partial charge in [0.05, 0.1) is 7.11 Å². The number of rotatable bonds is 4. The maximum atomic E-state index is 13.7. The lowest BCUT2D eigenvalue weighted by molar-refractivity contribution is -0.121. The molecule has 0 aliphatic heterocycles.